The summed E-state index contributed by atoms with van der Waals surface area (Å²) in [5.74, 6) is -1.46. The Balaban J connectivity index is 2.36. The quantitative estimate of drug-likeness (QED) is 0.760. The van der Waals surface area contributed by atoms with Gasteiger partial charge in [0, 0.05) is 22.3 Å². The van der Waals surface area contributed by atoms with Crippen molar-refractivity contribution in [2.45, 2.75) is 25.5 Å². The first-order chi connectivity index (χ1) is 10.4. The van der Waals surface area contributed by atoms with E-state index < -0.39 is 17.3 Å². The molecule has 2 N–H and O–H groups in total. The summed E-state index contributed by atoms with van der Waals surface area (Å²) in [7, 11) is 0. The van der Waals surface area contributed by atoms with Gasteiger partial charge in [-0.2, -0.15) is 0 Å². The van der Waals surface area contributed by atoms with Crippen molar-refractivity contribution in [1.29, 1.82) is 0 Å². The van der Waals surface area contributed by atoms with E-state index in [0.717, 1.165) is 0 Å². The first-order valence-electron chi connectivity index (χ1n) is 6.67. The molecular formula is C15H15BrClNO4. The first-order valence-corrected chi connectivity index (χ1v) is 8.17. The van der Waals surface area contributed by atoms with E-state index in [1.165, 1.54) is 6.92 Å². The summed E-state index contributed by atoms with van der Waals surface area (Å²) in [5.41, 5.74) is -1.33. The number of aliphatic hydroxyl groups excluding tert-OH is 1. The number of ether oxygens (including phenoxy) is 1. The van der Waals surface area contributed by atoms with Crippen LogP contribution < -0.4 is 5.32 Å². The molecule has 0 saturated carbocycles. The molecule has 118 valence electrons. The third-order valence-corrected chi connectivity index (χ3v) is 4.09. The number of carbonyl (C=O) groups excluding carboxylic acids is 2. The molecule has 22 heavy (non-hydrogen) atoms. The molecule has 0 radical (unpaired) electrons. The fraction of sp³-hybridized carbons (Fsp3) is 0.333. The number of halogens is 2. The van der Waals surface area contributed by atoms with Gasteiger partial charge in [0.2, 0.25) is 11.7 Å². The second-order valence-corrected chi connectivity index (χ2v) is 6.09. The highest BCUT2D eigenvalue weighted by molar-refractivity contribution is 9.09. The standard InChI is InChI=1S/C15H15BrClNO4/c1-9-13(20)14(21)15(22-9,18-12(19)3-2-8-16)10-4-6-11(17)7-5-10/h4-7,20H,2-3,8H2,1H3,(H,18,19). The minimum atomic E-state index is -1.73. The Kier molecular flexibility index (Phi) is 5.13. The predicted octanol–water partition coefficient (Wildman–Crippen LogP) is 3.17. The molecule has 1 aliphatic rings. The van der Waals surface area contributed by atoms with Crippen LogP contribution in [-0.2, 0) is 20.1 Å². The van der Waals surface area contributed by atoms with E-state index in [0.29, 0.717) is 22.3 Å². The van der Waals surface area contributed by atoms with Crippen LogP contribution in [0.3, 0.4) is 0 Å². The van der Waals surface area contributed by atoms with E-state index in [2.05, 4.69) is 21.2 Å². The SMILES string of the molecule is CC1=C(O)C(=O)C(NC(=O)CCCBr)(c2ccc(Cl)cc2)O1. The normalized spacial score (nSPS) is 21.0. The van der Waals surface area contributed by atoms with E-state index in [4.69, 9.17) is 16.3 Å². The molecule has 7 heteroatoms. The van der Waals surface area contributed by atoms with Crippen LogP contribution in [0.1, 0.15) is 25.3 Å². The molecule has 1 atom stereocenters. The number of alkyl halides is 1. The van der Waals surface area contributed by atoms with Gasteiger partial charge in [-0.05, 0) is 25.5 Å². The zero-order valence-corrected chi connectivity index (χ0v) is 14.2. The summed E-state index contributed by atoms with van der Waals surface area (Å²) in [6.07, 6.45) is 0.853. The van der Waals surface area contributed by atoms with Crippen molar-refractivity contribution in [2.75, 3.05) is 5.33 Å². The maximum Gasteiger partial charge on any atom is 0.276 e. The summed E-state index contributed by atoms with van der Waals surface area (Å²) < 4.78 is 5.54. The van der Waals surface area contributed by atoms with Crippen LogP contribution in [-0.4, -0.2) is 22.1 Å². The van der Waals surface area contributed by atoms with E-state index in [-0.39, 0.29) is 18.1 Å². The van der Waals surface area contributed by atoms with Crippen LogP contribution in [0, 0.1) is 0 Å². The predicted molar refractivity (Wildman–Crippen MR) is 85.7 cm³/mol. The molecule has 0 saturated heterocycles. The number of amides is 1. The van der Waals surface area contributed by atoms with Crippen molar-refractivity contribution in [2.24, 2.45) is 0 Å². The molecule has 0 aliphatic carbocycles. The molecule has 1 heterocycles. The van der Waals surface area contributed by atoms with E-state index in [9.17, 15) is 14.7 Å². The van der Waals surface area contributed by atoms with Crippen molar-refractivity contribution in [1.82, 2.24) is 5.32 Å². The van der Waals surface area contributed by atoms with Crippen LogP contribution in [0.4, 0.5) is 0 Å². The van der Waals surface area contributed by atoms with Crippen molar-refractivity contribution in [3.05, 3.63) is 46.4 Å². The average Bonchev–Trinajstić information content (AvgIpc) is 2.71. The van der Waals surface area contributed by atoms with Gasteiger partial charge in [-0.1, -0.05) is 39.7 Å². The zero-order valence-electron chi connectivity index (χ0n) is 11.9. The number of hydrogen-bond acceptors (Lipinski definition) is 4. The van der Waals surface area contributed by atoms with Crippen molar-refractivity contribution >= 4 is 39.2 Å². The van der Waals surface area contributed by atoms with Gasteiger partial charge in [-0.25, -0.2) is 0 Å². The van der Waals surface area contributed by atoms with Gasteiger partial charge < -0.3 is 15.2 Å². The van der Waals surface area contributed by atoms with Crippen LogP contribution in [0.5, 0.6) is 0 Å². The Morgan fingerprint density at radius 1 is 1.41 bits per heavy atom. The fourth-order valence-electron chi connectivity index (χ4n) is 2.17. The van der Waals surface area contributed by atoms with Crippen LogP contribution in [0.15, 0.2) is 35.8 Å². The van der Waals surface area contributed by atoms with Gasteiger partial charge in [-0.15, -0.1) is 0 Å². The maximum atomic E-state index is 12.4. The summed E-state index contributed by atoms with van der Waals surface area (Å²) in [5, 5.41) is 13.6. The molecule has 0 spiro atoms. The lowest BCUT2D eigenvalue weighted by atomic mass is 9.97. The molecule has 1 unspecified atom stereocenters. The highest BCUT2D eigenvalue weighted by Gasteiger charge is 2.51. The average molecular weight is 389 g/mol. The number of hydrogen-bond donors (Lipinski definition) is 2. The number of carbonyl (C=O) groups is 2. The van der Waals surface area contributed by atoms with Crippen LogP contribution >= 0.6 is 27.5 Å². The number of ketones is 1. The highest BCUT2D eigenvalue weighted by Crippen LogP contribution is 2.36. The number of aliphatic hydroxyl groups is 1. The Morgan fingerprint density at radius 3 is 2.55 bits per heavy atom. The number of rotatable bonds is 5. The molecule has 0 aromatic heterocycles. The second-order valence-electron chi connectivity index (χ2n) is 4.86. The number of allylic oxidation sites excluding steroid dienone is 1. The smallest absolute Gasteiger partial charge is 0.276 e. The molecule has 1 aliphatic heterocycles. The zero-order chi connectivity index (χ0) is 16.3. The van der Waals surface area contributed by atoms with Gasteiger partial charge >= 0.3 is 0 Å². The topological polar surface area (TPSA) is 75.6 Å². The fourth-order valence-corrected chi connectivity index (χ4v) is 2.57. The van der Waals surface area contributed by atoms with Crippen LogP contribution in [0.2, 0.25) is 5.02 Å². The van der Waals surface area contributed by atoms with Gasteiger partial charge in [-0.3, -0.25) is 9.59 Å². The van der Waals surface area contributed by atoms with Crippen molar-refractivity contribution in [3.8, 4) is 0 Å². The second kappa shape index (κ2) is 6.71. The van der Waals surface area contributed by atoms with Crippen molar-refractivity contribution < 1.29 is 19.4 Å². The summed E-state index contributed by atoms with van der Waals surface area (Å²) in [4.78, 5) is 24.5. The maximum absolute atomic E-state index is 12.4. The van der Waals surface area contributed by atoms with Gasteiger partial charge in [0.05, 0.1) is 0 Å². The number of Topliss-reactive ketones (excluding diaryl/α,β-unsaturated/α-hetero) is 1. The number of nitrogens with one attached hydrogen (secondary N) is 1. The Bertz CT molecular complexity index is 629. The molecule has 1 amide bonds. The third kappa shape index (κ3) is 3.13. The van der Waals surface area contributed by atoms with Gasteiger partial charge in [0.15, 0.2) is 0 Å². The minimum absolute atomic E-state index is 0.0701. The first kappa shape index (κ1) is 16.8. The highest BCUT2D eigenvalue weighted by atomic mass is 79.9. The monoisotopic (exact) mass is 387 g/mol. The molecule has 1 aromatic carbocycles. The molecule has 2 rings (SSSR count). The summed E-state index contributed by atoms with van der Waals surface area (Å²) in [6.45, 7) is 1.47. The summed E-state index contributed by atoms with van der Waals surface area (Å²) >= 11 is 9.10. The van der Waals surface area contributed by atoms with Gasteiger partial charge in [0.25, 0.3) is 11.5 Å². The lowest BCUT2D eigenvalue weighted by molar-refractivity contribution is -0.144. The lowest BCUT2D eigenvalue weighted by Crippen LogP contribution is -2.51. The van der Waals surface area contributed by atoms with Gasteiger partial charge in [0.1, 0.15) is 5.76 Å². The van der Waals surface area contributed by atoms with E-state index >= 15 is 0 Å². The largest absolute Gasteiger partial charge is 0.502 e. The third-order valence-electron chi connectivity index (χ3n) is 3.28. The minimum Gasteiger partial charge on any atom is -0.502 e. The summed E-state index contributed by atoms with van der Waals surface area (Å²) in [6, 6.07) is 6.34. The molecule has 0 fully saturated rings. The molecular weight excluding hydrogens is 374 g/mol. The lowest BCUT2D eigenvalue weighted by Gasteiger charge is -2.29. The van der Waals surface area contributed by atoms with E-state index in [1.807, 2.05) is 0 Å². The molecule has 0 bridgehead atoms. The molecule has 5 nitrogen and oxygen atoms in total. The van der Waals surface area contributed by atoms with Crippen LogP contribution in [0.25, 0.3) is 0 Å². The number of benzene rings is 1. The Labute approximate surface area is 141 Å². The molecule has 1 aromatic rings. The Hall–Kier alpha value is -1.53. The Morgan fingerprint density at radius 2 is 2.05 bits per heavy atom. The van der Waals surface area contributed by atoms with Crippen molar-refractivity contribution in [3.63, 3.8) is 0 Å². The van der Waals surface area contributed by atoms with E-state index in [1.54, 1.807) is 24.3 Å².